The molecule has 5 rings (SSSR count). The van der Waals surface area contributed by atoms with Crippen molar-refractivity contribution in [3.05, 3.63) is 93.3 Å². The lowest BCUT2D eigenvalue weighted by molar-refractivity contribution is -0.131. The quantitative estimate of drug-likeness (QED) is 0.305. The number of nitrogens with zero attached hydrogens (tertiary/aromatic N) is 2. The fraction of sp³-hybridized carbons (Fsp3) is 0.276. The second-order valence-electron chi connectivity index (χ2n) is 9.49. The highest BCUT2D eigenvalue weighted by atomic mass is 35.5. The lowest BCUT2D eigenvalue weighted by Gasteiger charge is -2.24. The van der Waals surface area contributed by atoms with Crippen LogP contribution in [0.4, 0.5) is 5.69 Å². The molecule has 0 saturated carbocycles. The molecule has 0 amide bonds. The number of anilines is 1. The minimum absolute atomic E-state index is 0.0346. The van der Waals surface area contributed by atoms with E-state index in [1.807, 2.05) is 37.1 Å². The highest BCUT2D eigenvalue weighted by Crippen LogP contribution is 2.39. The second kappa shape index (κ2) is 10.8. The number of ether oxygens (including phenoxy) is 2. The monoisotopic (exact) mass is 552 g/mol. The van der Waals surface area contributed by atoms with Crippen LogP contribution in [0.5, 0.6) is 0 Å². The van der Waals surface area contributed by atoms with E-state index in [1.165, 1.54) is 7.11 Å². The highest BCUT2D eigenvalue weighted by molar-refractivity contribution is 6.39. The largest absolute Gasteiger partial charge is 0.465 e. The predicted molar refractivity (Wildman–Crippen MR) is 145 cm³/mol. The third-order valence-corrected chi connectivity index (χ3v) is 7.35. The molecule has 2 aliphatic rings. The lowest BCUT2D eigenvalue weighted by atomic mass is 9.88. The standard InChI is InChI=1S/C29H26Cl2N2O5/c1-16(2)28-21(26(32-38-28)25-22(30)8-5-9-23(25)31)15-37-24-11-10-18-13-33(14-20(18)27(24)34)19-7-4-6-17(12-19)29(35)36-3/h4-13,16,20,24H,14-15H2,1-3H3. The molecule has 7 nitrogen and oxygen atoms in total. The number of methoxy groups -OCH3 is 1. The Labute approximate surface area is 230 Å². The molecule has 2 aromatic carbocycles. The molecule has 0 bridgehead atoms. The summed E-state index contributed by atoms with van der Waals surface area (Å²) in [5, 5.41) is 5.16. The van der Waals surface area contributed by atoms with Crippen LogP contribution in [0.15, 0.2) is 70.9 Å². The van der Waals surface area contributed by atoms with E-state index in [1.54, 1.807) is 42.5 Å². The van der Waals surface area contributed by atoms with Gasteiger partial charge in [0.1, 0.15) is 17.6 Å². The van der Waals surface area contributed by atoms with E-state index in [4.69, 9.17) is 37.2 Å². The summed E-state index contributed by atoms with van der Waals surface area (Å²) < 4.78 is 16.6. The minimum Gasteiger partial charge on any atom is -0.465 e. The van der Waals surface area contributed by atoms with Crippen molar-refractivity contribution in [1.82, 2.24) is 5.16 Å². The normalized spacial score (nSPS) is 18.6. The Balaban J connectivity index is 1.34. The van der Waals surface area contributed by atoms with Crippen molar-refractivity contribution in [1.29, 1.82) is 0 Å². The van der Waals surface area contributed by atoms with Gasteiger partial charge in [-0.05, 0) is 42.0 Å². The van der Waals surface area contributed by atoms with E-state index in [9.17, 15) is 9.59 Å². The van der Waals surface area contributed by atoms with Crippen LogP contribution in [-0.4, -0.2) is 36.7 Å². The van der Waals surface area contributed by atoms with Crippen LogP contribution in [0.1, 0.15) is 41.4 Å². The van der Waals surface area contributed by atoms with Crippen LogP contribution in [0.25, 0.3) is 11.3 Å². The van der Waals surface area contributed by atoms with Gasteiger partial charge in [0.15, 0.2) is 5.78 Å². The Morgan fingerprint density at radius 2 is 1.92 bits per heavy atom. The van der Waals surface area contributed by atoms with E-state index in [2.05, 4.69) is 5.16 Å². The number of carbonyl (C=O) groups excluding carboxylic acids is 2. The van der Waals surface area contributed by atoms with Crippen LogP contribution in [0.2, 0.25) is 10.0 Å². The Bertz CT molecular complexity index is 1440. The van der Waals surface area contributed by atoms with Crippen molar-refractivity contribution in [2.24, 2.45) is 5.92 Å². The maximum Gasteiger partial charge on any atom is 0.337 e. The zero-order valence-electron chi connectivity index (χ0n) is 21.1. The molecule has 0 radical (unpaired) electrons. The Morgan fingerprint density at radius 3 is 2.63 bits per heavy atom. The summed E-state index contributed by atoms with van der Waals surface area (Å²) in [7, 11) is 1.35. The molecule has 0 fully saturated rings. The number of rotatable bonds is 7. The molecule has 0 saturated heterocycles. The summed E-state index contributed by atoms with van der Waals surface area (Å²) in [6.45, 7) is 4.54. The molecule has 1 aromatic heterocycles. The van der Waals surface area contributed by atoms with Crippen LogP contribution >= 0.6 is 23.2 Å². The van der Waals surface area contributed by atoms with E-state index in [0.717, 1.165) is 11.3 Å². The molecular weight excluding hydrogens is 527 g/mol. The van der Waals surface area contributed by atoms with E-state index in [0.29, 0.717) is 44.7 Å². The fourth-order valence-corrected chi connectivity index (χ4v) is 5.36. The van der Waals surface area contributed by atoms with Gasteiger partial charge in [0.25, 0.3) is 0 Å². The third-order valence-electron chi connectivity index (χ3n) is 6.72. The summed E-state index contributed by atoms with van der Waals surface area (Å²) in [6, 6.07) is 12.4. The Kier molecular flexibility index (Phi) is 7.43. The van der Waals surface area contributed by atoms with Gasteiger partial charge < -0.3 is 18.9 Å². The molecule has 196 valence electrons. The number of carbonyl (C=O) groups is 2. The fourth-order valence-electron chi connectivity index (χ4n) is 4.79. The zero-order chi connectivity index (χ0) is 27.0. The summed E-state index contributed by atoms with van der Waals surface area (Å²) in [5.41, 5.74) is 3.95. The van der Waals surface area contributed by atoms with Crippen molar-refractivity contribution in [2.45, 2.75) is 32.5 Å². The topological polar surface area (TPSA) is 81.9 Å². The second-order valence-corrected chi connectivity index (χ2v) is 10.3. The van der Waals surface area contributed by atoms with Crippen LogP contribution < -0.4 is 4.90 Å². The molecule has 0 N–H and O–H groups in total. The molecule has 3 aromatic rings. The number of aromatic nitrogens is 1. The zero-order valence-corrected chi connectivity index (χ0v) is 22.6. The summed E-state index contributed by atoms with van der Waals surface area (Å²) in [4.78, 5) is 27.4. The number of allylic oxidation sites excluding steroid dienone is 1. The summed E-state index contributed by atoms with van der Waals surface area (Å²) in [5.74, 6) is -0.109. The molecule has 1 aliphatic carbocycles. The predicted octanol–water partition coefficient (Wildman–Crippen LogP) is 6.60. The third kappa shape index (κ3) is 4.89. The van der Waals surface area contributed by atoms with Gasteiger partial charge in [-0.2, -0.15) is 0 Å². The average Bonchev–Trinajstić information content (AvgIpc) is 3.53. The number of fused-ring (bicyclic) bond motifs is 1. The summed E-state index contributed by atoms with van der Waals surface area (Å²) in [6.07, 6.45) is 4.89. The van der Waals surface area contributed by atoms with Crippen molar-refractivity contribution in [3.8, 4) is 11.3 Å². The first-order valence-corrected chi connectivity index (χ1v) is 13.0. The SMILES string of the molecule is COC(=O)c1cccc(N2C=C3C=CC(OCc4c(-c5c(Cl)cccc5Cl)noc4C(C)C)C(=O)C3C2)c1. The lowest BCUT2D eigenvalue weighted by Crippen LogP contribution is -2.35. The molecule has 9 heteroatoms. The molecular formula is C29H26Cl2N2O5. The Morgan fingerprint density at radius 1 is 1.18 bits per heavy atom. The van der Waals surface area contributed by atoms with Crippen LogP contribution in [0.3, 0.4) is 0 Å². The average molecular weight is 553 g/mol. The van der Waals surface area contributed by atoms with E-state index < -0.39 is 12.1 Å². The van der Waals surface area contributed by atoms with E-state index >= 15 is 0 Å². The van der Waals surface area contributed by atoms with Crippen LogP contribution in [-0.2, 0) is 20.9 Å². The number of hydrogen-bond donors (Lipinski definition) is 0. The minimum atomic E-state index is -0.733. The molecule has 2 heterocycles. The van der Waals surface area contributed by atoms with Crippen molar-refractivity contribution < 1.29 is 23.6 Å². The first-order valence-electron chi connectivity index (χ1n) is 12.2. The molecule has 2 atom stereocenters. The number of halogens is 2. The smallest absolute Gasteiger partial charge is 0.337 e. The van der Waals surface area contributed by atoms with Gasteiger partial charge in [-0.15, -0.1) is 0 Å². The first-order chi connectivity index (χ1) is 18.3. The van der Waals surface area contributed by atoms with Gasteiger partial charge >= 0.3 is 5.97 Å². The number of benzene rings is 2. The van der Waals surface area contributed by atoms with Gasteiger partial charge in [0.2, 0.25) is 0 Å². The van der Waals surface area contributed by atoms with Crippen molar-refractivity contribution in [2.75, 3.05) is 18.6 Å². The number of esters is 1. The van der Waals surface area contributed by atoms with Gasteiger partial charge in [0.05, 0.1) is 35.2 Å². The highest BCUT2D eigenvalue weighted by Gasteiger charge is 2.37. The van der Waals surface area contributed by atoms with Gasteiger partial charge in [0, 0.05) is 35.5 Å². The number of Topliss-reactive ketones (excluding diaryl/α,β-unsaturated/α-hetero) is 1. The van der Waals surface area contributed by atoms with E-state index in [-0.39, 0.29) is 24.2 Å². The number of hydrogen-bond acceptors (Lipinski definition) is 7. The molecule has 38 heavy (non-hydrogen) atoms. The maximum absolute atomic E-state index is 13.4. The molecule has 1 aliphatic heterocycles. The van der Waals surface area contributed by atoms with Gasteiger partial charge in [-0.3, -0.25) is 4.79 Å². The number of ketones is 1. The molecule has 0 spiro atoms. The van der Waals surface area contributed by atoms with Gasteiger partial charge in [-0.25, -0.2) is 4.79 Å². The van der Waals surface area contributed by atoms with Crippen LogP contribution in [0, 0.1) is 5.92 Å². The Hall–Kier alpha value is -3.39. The summed E-state index contributed by atoms with van der Waals surface area (Å²) >= 11 is 12.9. The first kappa shape index (κ1) is 26.2. The van der Waals surface area contributed by atoms with Crippen molar-refractivity contribution in [3.63, 3.8) is 0 Å². The maximum atomic E-state index is 13.4. The molecule has 2 unspecified atom stereocenters. The van der Waals surface area contributed by atoms with Gasteiger partial charge in [-0.1, -0.05) is 60.4 Å². The van der Waals surface area contributed by atoms with Crippen molar-refractivity contribution >= 4 is 40.6 Å².